The molecule has 21 heavy (non-hydrogen) atoms. The second kappa shape index (κ2) is 6.76. The van der Waals surface area contributed by atoms with Gasteiger partial charge in [0.25, 0.3) is 0 Å². The average Bonchev–Trinajstić information content (AvgIpc) is 2.43. The van der Waals surface area contributed by atoms with Gasteiger partial charge in [-0.3, -0.25) is 4.79 Å². The number of rotatable bonds is 4. The summed E-state index contributed by atoms with van der Waals surface area (Å²) < 4.78 is 0. The molecule has 5 nitrogen and oxygen atoms in total. The molecule has 0 aliphatic carbocycles. The molecular formula is C15H13ClN2O3. The molecule has 0 saturated heterocycles. The number of carbonyl (C=O) groups excluding carboxylic acids is 1. The molecule has 3 N–H and O–H groups in total. The van der Waals surface area contributed by atoms with E-state index in [2.05, 4.69) is 10.6 Å². The molecule has 0 unspecified atom stereocenters. The summed E-state index contributed by atoms with van der Waals surface area (Å²) in [6, 6.07) is 13.1. The van der Waals surface area contributed by atoms with Crippen LogP contribution in [0.3, 0.4) is 0 Å². The van der Waals surface area contributed by atoms with E-state index in [4.69, 9.17) is 16.7 Å². The first-order chi connectivity index (χ1) is 10.1. The first-order valence-electron chi connectivity index (χ1n) is 6.18. The van der Waals surface area contributed by atoms with Crippen molar-refractivity contribution in [2.75, 3.05) is 10.6 Å². The summed E-state index contributed by atoms with van der Waals surface area (Å²) in [5, 5.41) is 14.5. The maximum absolute atomic E-state index is 11.9. The van der Waals surface area contributed by atoms with Gasteiger partial charge in [-0.15, -0.1) is 0 Å². The summed E-state index contributed by atoms with van der Waals surface area (Å²) >= 11 is 5.95. The van der Waals surface area contributed by atoms with Crippen LogP contribution in [0.25, 0.3) is 0 Å². The fourth-order valence-electron chi connectivity index (χ4n) is 1.80. The highest BCUT2D eigenvalue weighted by Gasteiger charge is 2.10. The molecule has 2 amide bonds. The van der Waals surface area contributed by atoms with E-state index in [-0.39, 0.29) is 6.42 Å². The highest BCUT2D eigenvalue weighted by Crippen LogP contribution is 2.21. The van der Waals surface area contributed by atoms with Crippen molar-refractivity contribution < 1.29 is 14.7 Å². The molecule has 0 spiro atoms. The van der Waals surface area contributed by atoms with Gasteiger partial charge in [0, 0.05) is 5.69 Å². The van der Waals surface area contributed by atoms with Crippen LogP contribution in [0.2, 0.25) is 5.02 Å². The Bertz CT molecular complexity index is 673. The van der Waals surface area contributed by atoms with Crippen molar-refractivity contribution in [1.29, 1.82) is 0 Å². The number of halogens is 1. The van der Waals surface area contributed by atoms with Crippen LogP contribution < -0.4 is 10.6 Å². The second-order valence-corrected chi connectivity index (χ2v) is 4.69. The van der Waals surface area contributed by atoms with E-state index < -0.39 is 12.0 Å². The van der Waals surface area contributed by atoms with Gasteiger partial charge in [-0.25, -0.2) is 4.79 Å². The van der Waals surface area contributed by atoms with Crippen molar-refractivity contribution >= 4 is 35.0 Å². The Morgan fingerprint density at radius 3 is 2.19 bits per heavy atom. The predicted molar refractivity (Wildman–Crippen MR) is 81.9 cm³/mol. The monoisotopic (exact) mass is 304 g/mol. The minimum Gasteiger partial charge on any atom is -0.481 e. The molecule has 2 aromatic rings. The Morgan fingerprint density at radius 2 is 1.52 bits per heavy atom. The summed E-state index contributed by atoms with van der Waals surface area (Å²) in [6.07, 6.45) is -0.164. The first-order valence-corrected chi connectivity index (χ1v) is 6.56. The molecule has 0 fully saturated rings. The van der Waals surface area contributed by atoms with Gasteiger partial charge in [-0.05, 0) is 23.8 Å². The zero-order valence-electron chi connectivity index (χ0n) is 11.0. The van der Waals surface area contributed by atoms with Gasteiger partial charge < -0.3 is 15.7 Å². The molecular weight excluding hydrogens is 292 g/mol. The van der Waals surface area contributed by atoms with Crippen molar-refractivity contribution in [3.8, 4) is 0 Å². The van der Waals surface area contributed by atoms with Gasteiger partial charge in [0.1, 0.15) is 0 Å². The zero-order valence-corrected chi connectivity index (χ0v) is 11.7. The maximum Gasteiger partial charge on any atom is 0.323 e. The molecule has 0 bridgehead atoms. The summed E-state index contributed by atoms with van der Waals surface area (Å²) in [7, 11) is 0. The normalized spacial score (nSPS) is 9.95. The van der Waals surface area contributed by atoms with Crippen LogP contribution in [0.5, 0.6) is 0 Å². The van der Waals surface area contributed by atoms with E-state index in [9.17, 15) is 9.59 Å². The molecule has 2 rings (SSSR count). The quantitative estimate of drug-likeness (QED) is 0.807. The smallest absolute Gasteiger partial charge is 0.323 e. The lowest BCUT2D eigenvalue weighted by atomic mass is 10.1. The summed E-state index contributed by atoms with van der Waals surface area (Å²) in [4.78, 5) is 22.7. The van der Waals surface area contributed by atoms with Crippen LogP contribution >= 0.6 is 11.6 Å². The van der Waals surface area contributed by atoms with Crippen molar-refractivity contribution in [2.24, 2.45) is 0 Å². The van der Waals surface area contributed by atoms with Crippen LogP contribution in [-0.2, 0) is 11.2 Å². The Labute approximate surface area is 126 Å². The molecule has 6 heteroatoms. The number of carbonyl (C=O) groups is 2. The first kappa shape index (κ1) is 14.9. The average molecular weight is 305 g/mol. The van der Waals surface area contributed by atoms with Crippen LogP contribution in [0, 0.1) is 0 Å². The molecule has 0 radical (unpaired) electrons. The number of hydrogen-bond donors (Lipinski definition) is 3. The molecule has 2 aromatic carbocycles. The zero-order chi connectivity index (χ0) is 15.2. The van der Waals surface area contributed by atoms with Crippen LogP contribution in [0.4, 0.5) is 16.2 Å². The van der Waals surface area contributed by atoms with Crippen molar-refractivity contribution in [3.05, 3.63) is 59.1 Å². The third kappa shape index (κ3) is 4.22. The number of carboxylic acids is 1. The number of urea groups is 1. The molecule has 0 aromatic heterocycles. The second-order valence-electron chi connectivity index (χ2n) is 4.29. The van der Waals surface area contributed by atoms with E-state index in [1.165, 1.54) is 0 Å². The van der Waals surface area contributed by atoms with E-state index in [0.29, 0.717) is 22.0 Å². The van der Waals surface area contributed by atoms with Gasteiger partial charge in [0.2, 0.25) is 0 Å². The minimum atomic E-state index is -0.962. The molecule has 0 aliphatic rings. The maximum atomic E-state index is 11.9. The third-order valence-electron chi connectivity index (χ3n) is 2.73. The highest BCUT2D eigenvalue weighted by molar-refractivity contribution is 6.33. The van der Waals surface area contributed by atoms with Gasteiger partial charge in [0.15, 0.2) is 0 Å². The van der Waals surface area contributed by atoms with E-state index >= 15 is 0 Å². The van der Waals surface area contributed by atoms with Gasteiger partial charge in [-0.1, -0.05) is 41.9 Å². The fourth-order valence-corrected chi connectivity index (χ4v) is 1.98. The fraction of sp³-hybridized carbons (Fsp3) is 0.0667. The Kier molecular flexibility index (Phi) is 4.79. The number of carboxylic acid groups (broad SMARTS) is 1. The highest BCUT2D eigenvalue weighted by atomic mass is 35.5. The molecule has 0 atom stereocenters. The summed E-state index contributed by atoms with van der Waals surface area (Å²) in [5.74, 6) is -0.962. The number of para-hydroxylation sites is 2. The Morgan fingerprint density at radius 1 is 0.952 bits per heavy atom. The number of nitrogens with one attached hydrogen (secondary N) is 2. The van der Waals surface area contributed by atoms with Crippen LogP contribution in [0.1, 0.15) is 5.56 Å². The minimum absolute atomic E-state index is 0.164. The van der Waals surface area contributed by atoms with E-state index in [0.717, 1.165) is 0 Å². The largest absolute Gasteiger partial charge is 0.481 e. The molecule has 0 heterocycles. The Hall–Kier alpha value is -2.53. The van der Waals surface area contributed by atoms with Crippen molar-refractivity contribution in [1.82, 2.24) is 0 Å². The Balaban J connectivity index is 2.10. The standard InChI is InChI=1S/C15H13ClN2O3/c16-11-6-2-4-8-13(11)18-15(21)17-12-7-3-1-5-10(12)9-14(19)20/h1-8H,9H2,(H,19,20)(H2,17,18,21). The van der Waals surface area contributed by atoms with E-state index in [1.54, 1.807) is 48.5 Å². The van der Waals surface area contributed by atoms with Crippen molar-refractivity contribution in [3.63, 3.8) is 0 Å². The SMILES string of the molecule is O=C(O)Cc1ccccc1NC(=O)Nc1ccccc1Cl. The number of benzene rings is 2. The van der Waals surface area contributed by atoms with Crippen LogP contribution in [-0.4, -0.2) is 17.1 Å². The molecule has 108 valence electrons. The lowest BCUT2D eigenvalue weighted by Gasteiger charge is -2.11. The number of anilines is 2. The van der Waals surface area contributed by atoms with Crippen LogP contribution in [0.15, 0.2) is 48.5 Å². The number of amides is 2. The number of hydrogen-bond acceptors (Lipinski definition) is 2. The predicted octanol–water partition coefficient (Wildman–Crippen LogP) is 3.61. The topological polar surface area (TPSA) is 78.4 Å². The molecule has 0 aliphatic heterocycles. The van der Waals surface area contributed by atoms with E-state index in [1.807, 2.05) is 0 Å². The van der Waals surface area contributed by atoms with Gasteiger partial charge in [-0.2, -0.15) is 0 Å². The number of aliphatic carboxylic acids is 1. The van der Waals surface area contributed by atoms with Gasteiger partial charge in [0.05, 0.1) is 17.1 Å². The third-order valence-corrected chi connectivity index (χ3v) is 3.06. The summed E-state index contributed by atoms with van der Waals surface area (Å²) in [6.45, 7) is 0. The molecule has 0 saturated carbocycles. The lowest BCUT2D eigenvalue weighted by Crippen LogP contribution is -2.20. The summed E-state index contributed by atoms with van der Waals surface area (Å²) in [5.41, 5.74) is 1.45. The van der Waals surface area contributed by atoms with Crippen molar-refractivity contribution in [2.45, 2.75) is 6.42 Å². The van der Waals surface area contributed by atoms with Gasteiger partial charge >= 0.3 is 12.0 Å². The lowest BCUT2D eigenvalue weighted by molar-refractivity contribution is -0.136.